The van der Waals surface area contributed by atoms with E-state index in [1.807, 2.05) is 0 Å². The monoisotopic (exact) mass is 188 g/mol. The largest absolute Gasteiger partial charge is 0.126 e. The lowest BCUT2D eigenvalue weighted by molar-refractivity contribution is 0.424. The van der Waals surface area contributed by atoms with Gasteiger partial charge in [-0.3, -0.25) is 0 Å². The number of alkyl halides is 1. The molecule has 1 fully saturated rings. The van der Waals surface area contributed by atoms with E-state index in [-0.39, 0.29) is 0 Å². The van der Waals surface area contributed by atoms with Gasteiger partial charge in [-0.1, -0.05) is 33.6 Å². The van der Waals surface area contributed by atoms with Gasteiger partial charge in [0.15, 0.2) is 0 Å². The van der Waals surface area contributed by atoms with Gasteiger partial charge in [-0.05, 0) is 30.1 Å². The smallest absolute Gasteiger partial charge is 0.0282 e. The Labute approximate surface area is 81.7 Å². The average molecular weight is 189 g/mol. The molecular weight excluding hydrogens is 168 g/mol. The Morgan fingerprint density at radius 1 is 1.50 bits per heavy atom. The lowest BCUT2D eigenvalue weighted by atomic mass is 9.96. The summed E-state index contributed by atoms with van der Waals surface area (Å²) in [4.78, 5) is 0. The first kappa shape index (κ1) is 10.4. The molecule has 0 spiro atoms. The molecule has 0 amide bonds. The van der Waals surface area contributed by atoms with Crippen molar-refractivity contribution in [1.29, 1.82) is 0 Å². The summed E-state index contributed by atoms with van der Waals surface area (Å²) in [5, 5.41) is 0. The van der Waals surface area contributed by atoms with Crippen LogP contribution in [0.15, 0.2) is 0 Å². The minimum absolute atomic E-state index is 0.552. The predicted octanol–water partition coefficient (Wildman–Crippen LogP) is 4.08. The fourth-order valence-corrected chi connectivity index (χ4v) is 2.52. The number of halogens is 1. The van der Waals surface area contributed by atoms with Crippen LogP contribution in [0, 0.1) is 17.3 Å². The van der Waals surface area contributed by atoms with Crippen LogP contribution < -0.4 is 0 Å². The molecular formula is C11H21Cl. The Morgan fingerprint density at radius 2 is 2.08 bits per heavy atom. The maximum atomic E-state index is 5.97. The van der Waals surface area contributed by atoms with Crippen LogP contribution in [0.2, 0.25) is 0 Å². The second kappa shape index (κ2) is 4.00. The first-order valence-corrected chi connectivity index (χ1v) is 5.70. The minimum Gasteiger partial charge on any atom is -0.126 e. The van der Waals surface area contributed by atoms with Crippen molar-refractivity contribution in [2.24, 2.45) is 17.3 Å². The third-order valence-corrected chi connectivity index (χ3v) is 3.85. The maximum absolute atomic E-state index is 5.97. The van der Waals surface area contributed by atoms with E-state index < -0.39 is 0 Å². The van der Waals surface area contributed by atoms with Crippen molar-refractivity contribution in [3.63, 3.8) is 0 Å². The third-order valence-electron chi connectivity index (χ3n) is 3.32. The fourth-order valence-electron chi connectivity index (χ4n) is 2.01. The molecule has 0 aromatic carbocycles. The SMILES string of the molecule is CC(C)CCCC1(CCl)CC1C. The Hall–Kier alpha value is 0.290. The van der Waals surface area contributed by atoms with E-state index in [1.54, 1.807) is 0 Å². The molecule has 0 saturated heterocycles. The van der Waals surface area contributed by atoms with E-state index in [1.165, 1.54) is 25.7 Å². The summed E-state index contributed by atoms with van der Waals surface area (Å²) < 4.78 is 0. The van der Waals surface area contributed by atoms with Crippen LogP contribution in [0.1, 0.15) is 46.5 Å². The van der Waals surface area contributed by atoms with Crippen LogP contribution in [0.4, 0.5) is 0 Å². The molecule has 1 rings (SSSR count). The lowest BCUT2D eigenvalue weighted by Crippen LogP contribution is -2.05. The van der Waals surface area contributed by atoms with E-state index in [4.69, 9.17) is 11.6 Å². The molecule has 1 aliphatic carbocycles. The van der Waals surface area contributed by atoms with Crippen LogP contribution in [0.5, 0.6) is 0 Å². The number of hydrogen-bond acceptors (Lipinski definition) is 0. The van der Waals surface area contributed by atoms with Crippen molar-refractivity contribution in [2.45, 2.75) is 46.5 Å². The molecule has 0 heterocycles. The van der Waals surface area contributed by atoms with Gasteiger partial charge in [0.25, 0.3) is 0 Å². The summed E-state index contributed by atoms with van der Waals surface area (Å²) >= 11 is 5.97. The van der Waals surface area contributed by atoms with Gasteiger partial charge < -0.3 is 0 Å². The minimum atomic E-state index is 0.552. The van der Waals surface area contributed by atoms with Gasteiger partial charge in [0.2, 0.25) is 0 Å². The van der Waals surface area contributed by atoms with Gasteiger partial charge in [0.1, 0.15) is 0 Å². The molecule has 1 heteroatoms. The highest BCUT2D eigenvalue weighted by Gasteiger charge is 2.49. The van der Waals surface area contributed by atoms with E-state index in [0.717, 1.165) is 17.7 Å². The molecule has 0 aromatic rings. The van der Waals surface area contributed by atoms with E-state index in [0.29, 0.717) is 5.41 Å². The summed E-state index contributed by atoms with van der Waals surface area (Å²) in [5.41, 5.74) is 0.552. The molecule has 2 atom stereocenters. The predicted molar refractivity (Wildman–Crippen MR) is 55.6 cm³/mol. The molecule has 0 radical (unpaired) electrons. The van der Waals surface area contributed by atoms with E-state index >= 15 is 0 Å². The number of rotatable bonds is 5. The highest BCUT2D eigenvalue weighted by atomic mass is 35.5. The molecule has 1 aliphatic rings. The van der Waals surface area contributed by atoms with Crippen molar-refractivity contribution < 1.29 is 0 Å². The van der Waals surface area contributed by atoms with Gasteiger partial charge in [-0.15, -0.1) is 11.6 Å². The summed E-state index contributed by atoms with van der Waals surface area (Å²) in [6, 6.07) is 0. The van der Waals surface area contributed by atoms with Crippen LogP contribution in [0.3, 0.4) is 0 Å². The molecule has 0 bridgehead atoms. The quantitative estimate of drug-likeness (QED) is 0.571. The van der Waals surface area contributed by atoms with E-state index in [2.05, 4.69) is 20.8 Å². The molecule has 0 aromatic heterocycles. The van der Waals surface area contributed by atoms with Crippen LogP contribution in [0.25, 0.3) is 0 Å². The first-order valence-electron chi connectivity index (χ1n) is 5.17. The summed E-state index contributed by atoms with van der Waals surface area (Å²) in [7, 11) is 0. The van der Waals surface area contributed by atoms with Gasteiger partial charge in [0, 0.05) is 5.88 Å². The normalized spacial score (nSPS) is 34.2. The fraction of sp³-hybridized carbons (Fsp3) is 1.00. The molecule has 0 aliphatic heterocycles. The van der Waals surface area contributed by atoms with Crippen molar-refractivity contribution in [3.05, 3.63) is 0 Å². The Kier molecular flexibility index (Phi) is 3.46. The van der Waals surface area contributed by atoms with Gasteiger partial charge in [-0.25, -0.2) is 0 Å². The average Bonchev–Trinajstić information content (AvgIpc) is 2.62. The molecule has 1 saturated carbocycles. The Bertz CT molecular complexity index is 138. The van der Waals surface area contributed by atoms with Crippen molar-refractivity contribution >= 4 is 11.6 Å². The lowest BCUT2D eigenvalue weighted by Gasteiger charge is -2.13. The van der Waals surface area contributed by atoms with Crippen LogP contribution >= 0.6 is 11.6 Å². The zero-order valence-electron chi connectivity index (χ0n) is 8.57. The van der Waals surface area contributed by atoms with E-state index in [9.17, 15) is 0 Å². The molecule has 0 N–H and O–H groups in total. The summed E-state index contributed by atoms with van der Waals surface area (Å²) in [5.74, 6) is 2.63. The zero-order valence-corrected chi connectivity index (χ0v) is 9.32. The van der Waals surface area contributed by atoms with Gasteiger partial charge >= 0.3 is 0 Å². The first-order chi connectivity index (χ1) is 5.60. The van der Waals surface area contributed by atoms with Gasteiger partial charge in [0.05, 0.1) is 0 Å². The van der Waals surface area contributed by atoms with Crippen LogP contribution in [-0.4, -0.2) is 5.88 Å². The Morgan fingerprint density at radius 3 is 2.42 bits per heavy atom. The molecule has 72 valence electrons. The third kappa shape index (κ3) is 2.39. The maximum Gasteiger partial charge on any atom is 0.0282 e. The highest BCUT2D eigenvalue weighted by Crippen LogP contribution is 2.56. The number of hydrogen-bond donors (Lipinski definition) is 0. The summed E-state index contributed by atoms with van der Waals surface area (Å²) in [6.07, 6.45) is 5.46. The topological polar surface area (TPSA) is 0 Å². The van der Waals surface area contributed by atoms with Gasteiger partial charge in [-0.2, -0.15) is 0 Å². The van der Waals surface area contributed by atoms with Crippen molar-refractivity contribution in [3.8, 4) is 0 Å². The molecule has 0 nitrogen and oxygen atoms in total. The van der Waals surface area contributed by atoms with Crippen molar-refractivity contribution in [2.75, 3.05) is 5.88 Å². The second-order valence-corrected chi connectivity index (χ2v) is 5.15. The second-order valence-electron chi connectivity index (χ2n) is 4.89. The zero-order chi connectivity index (χ0) is 9.19. The molecule has 2 unspecified atom stereocenters. The molecule has 12 heavy (non-hydrogen) atoms. The van der Waals surface area contributed by atoms with Crippen LogP contribution in [-0.2, 0) is 0 Å². The summed E-state index contributed by atoms with van der Waals surface area (Å²) in [6.45, 7) is 6.92. The standard InChI is InChI=1S/C11H21Cl/c1-9(2)5-4-6-11(8-12)7-10(11)3/h9-10H,4-8H2,1-3H3. The Balaban J connectivity index is 2.14. The highest BCUT2D eigenvalue weighted by molar-refractivity contribution is 6.18. The van der Waals surface area contributed by atoms with Crippen molar-refractivity contribution in [1.82, 2.24) is 0 Å².